The summed E-state index contributed by atoms with van der Waals surface area (Å²) in [5, 5.41) is 17.7. The van der Waals surface area contributed by atoms with Crippen LogP contribution in [0.15, 0.2) is 58.1 Å². The lowest BCUT2D eigenvalue weighted by Gasteiger charge is -2.28. The molecule has 2 atom stereocenters. The van der Waals surface area contributed by atoms with Crippen LogP contribution >= 0.6 is 23.2 Å². The maximum Gasteiger partial charge on any atom is 0.332 e. The number of benzene rings is 2. The first-order chi connectivity index (χ1) is 22.6. The molecule has 4 heterocycles. The number of rotatable bonds is 8. The van der Waals surface area contributed by atoms with Gasteiger partial charge in [0.2, 0.25) is 5.88 Å². The number of nitrogens with one attached hydrogen (secondary N) is 2. The predicted octanol–water partition coefficient (Wildman–Crippen LogP) is 4.36. The lowest BCUT2D eigenvalue weighted by atomic mass is 10.00. The summed E-state index contributed by atoms with van der Waals surface area (Å²) in [5.41, 5.74) is 3.10. The fourth-order valence-electron chi connectivity index (χ4n) is 5.69. The molecule has 0 bridgehead atoms. The minimum Gasteiger partial charge on any atom is -0.481 e. The molecule has 0 aliphatic carbocycles. The zero-order chi connectivity index (χ0) is 33.4. The third-order valence-corrected chi connectivity index (χ3v) is 9.06. The van der Waals surface area contributed by atoms with Crippen molar-refractivity contribution in [3.05, 3.63) is 90.8 Å². The second kappa shape index (κ2) is 13.4. The van der Waals surface area contributed by atoms with E-state index in [1.54, 1.807) is 27.1 Å². The summed E-state index contributed by atoms with van der Waals surface area (Å²) in [6, 6.07) is 14.7. The van der Waals surface area contributed by atoms with Crippen LogP contribution in [0.1, 0.15) is 17.8 Å². The van der Waals surface area contributed by atoms with E-state index in [0.29, 0.717) is 76.0 Å². The molecule has 1 fully saturated rings. The monoisotopic (exact) mass is 677 g/mol. The predicted molar refractivity (Wildman–Crippen MR) is 182 cm³/mol. The minimum atomic E-state index is -0.573. The van der Waals surface area contributed by atoms with E-state index in [9.17, 15) is 14.7 Å². The SMILES string of the molecule is COc1nc(-c2cccc(-c3cccc(Nc4nc(C)nc5c4c(=O)n(C)c(=O)n5C)c3Cl)c2Cl)ccc1CN[C@@H]1CCOC[C@H]1O. The van der Waals surface area contributed by atoms with Gasteiger partial charge in [-0.2, -0.15) is 0 Å². The summed E-state index contributed by atoms with van der Waals surface area (Å²) in [6.45, 7) is 3.05. The van der Waals surface area contributed by atoms with E-state index in [1.807, 2.05) is 42.5 Å². The molecule has 0 saturated carbocycles. The lowest BCUT2D eigenvalue weighted by Crippen LogP contribution is -2.46. The van der Waals surface area contributed by atoms with E-state index in [2.05, 4.69) is 20.6 Å². The summed E-state index contributed by atoms with van der Waals surface area (Å²) >= 11 is 14.0. The molecular formula is C33H33Cl2N7O5. The Kier molecular flexibility index (Phi) is 9.31. The van der Waals surface area contributed by atoms with Gasteiger partial charge in [0.05, 0.1) is 41.2 Å². The van der Waals surface area contributed by atoms with Crippen LogP contribution in [0.4, 0.5) is 11.5 Å². The standard InChI is InChI=1S/C33H33Cl2N7O5/c1-17-37-29(26-30(38-17)41(2)33(45)42(3)32(26)44)39-24-10-6-8-20(28(24)35)19-7-5-9-21(27(19)34)22-12-11-18(31(40-22)46-4)15-36-23-13-14-47-16-25(23)43/h5-12,23,25,36,43H,13-16H2,1-4H3,(H,37,38,39)/t23-,25-/m1/s1. The summed E-state index contributed by atoms with van der Waals surface area (Å²) in [6.07, 6.45) is 0.141. The number of halogens is 2. The van der Waals surface area contributed by atoms with Crippen molar-refractivity contribution in [1.82, 2.24) is 29.4 Å². The van der Waals surface area contributed by atoms with Gasteiger partial charge in [0.15, 0.2) is 5.65 Å². The topological polar surface area (TPSA) is 145 Å². The normalized spacial score (nSPS) is 16.4. The van der Waals surface area contributed by atoms with Crippen LogP contribution in [0.5, 0.6) is 5.88 Å². The third-order valence-electron chi connectivity index (χ3n) is 8.24. The first-order valence-corrected chi connectivity index (χ1v) is 15.7. The van der Waals surface area contributed by atoms with Crippen molar-refractivity contribution in [3.8, 4) is 28.3 Å². The fraction of sp³-hybridized carbons (Fsp3) is 0.303. The van der Waals surface area contributed by atoms with Crippen LogP contribution < -0.4 is 26.6 Å². The molecule has 47 heavy (non-hydrogen) atoms. The Bertz CT molecular complexity index is 2120. The largest absolute Gasteiger partial charge is 0.481 e. The van der Waals surface area contributed by atoms with E-state index < -0.39 is 17.4 Å². The molecule has 0 unspecified atom stereocenters. The number of methoxy groups -OCH3 is 1. The van der Waals surface area contributed by atoms with E-state index in [4.69, 9.17) is 37.7 Å². The molecule has 0 spiro atoms. The van der Waals surface area contributed by atoms with Crippen LogP contribution in [0.3, 0.4) is 0 Å². The van der Waals surface area contributed by atoms with Crippen LogP contribution in [-0.4, -0.2) is 61.7 Å². The molecule has 6 rings (SSSR count). The maximum absolute atomic E-state index is 13.1. The molecule has 3 N–H and O–H groups in total. The number of hydrogen-bond donors (Lipinski definition) is 3. The van der Waals surface area contributed by atoms with Crippen molar-refractivity contribution in [3.63, 3.8) is 0 Å². The molecule has 2 aromatic carbocycles. The van der Waals surface area contributed by atoms with Crippen molar-refractivity contribution < 1.29 is 14.6 Å². The van der Waals surface area contributed by atoms with Crippen molar-refractivity contribution in [2.75, 3.05) is 25.6 Å². The van der Waals surface area contributed by atoms with Gasteiger partial charge in [0, 0.05) is 55.5 Å². The molecule has 14 heteroatoms. The van der Waals surface area contributed by atoms with Crippen LogP contribution in [0.25, 0.3) is 33.4 Å². The summed E-state index contributed by atoms with van der Waals surface area (Å²) < 4.78 is 13.3. The minimum absolute atomic E-state index is 0.0783. The van der Waals surface area contributed by atoms with Gasteiger partial charge in [-0.1, -0.05) is 59.6 Å². The van der Waals surface area contributed by atoms with Crippen molar-refractivity contribution in [2.24, 2.45) is 14.1 Å². The highest BCUT2D eigenvalue weighted by molar-refractivity contribution is 6.39. The molecule has 3 aromatic heterocycles. The third kappa shape index (κ3) is 6.22. The van der Waals surface area contributed by atoms with Crippen molar-refractivity contribution >= 4 is 45.7 Å². The van der Waals surface area contributed by atoms with Crippen LogP contribution in [0.2, 0.25) is 10.0 Å². The van der Waals surface area contributed by atoms with Gasteiger partial charge in [-0.25, -0.2) is 19.7 Å². The van der Waals surface area contributed by atoms with Gasteiger partial charge in [0.1, 0.15) is 17.0 Å². The number of pyridine rings is 1. The molecule has 1 aliphatic heterocycles. The number of nitrogens with zero attached hydrogens (tertiary/aromatic N) is 5. The van der Waals surface area contributed by atoms with E-state index >= 15 is 0 Å². The van der Waals surface area contributed by atoms with E-state index in [0.717, 1.165) is 10.1 Å². The highest BCUT2D eigenvalue weighted by Crippen LogP contribution is 2.42. The Morgan fingerprint density at radius 1 is 0.979 bits per heavy atom. The van der Waals surface area contributed by atoms with Gasteiger partial charge in [-0.05, 0) is 25.5 Å². The highest BCUT2D eigenvalue weighted by Gasteiger charge is 2.24. The summed E-state index contributed by atoms with van der Waals surface area (Å²) in [7, 11) is 4.52. The summed E-state index contributed by atoms with van der Waals surface area (Å²) in [5.74, 6) is 1.04. The van der Waals surface area contributed by atoms with Crippen molar-refractivity contribution in [1.29, 1.82) is 0 Å². The summed E-state index contributed by atoms with van der Waals surface area (Å²) in [4.78, 5) is 39.3. The molecule has 244 valence electrons. The quantitative estimate of drug-likeness (QED) is 0.217. The molecule has 1 aliphatic rings. The van der Waals surface area contributed by atoms with E-state index in [-0.39, 0.29) is 22.9 Å². The Morgan fingerprint density at radius 2 is 1.70 bits per heavy atom. The van der Waals surface area contributed by atoms with Gasteiger partial charge in [-0.15, -0.1) is 0 Å². The lowest BCUT2D eigenvalue weighted by molar-refractivity contribution is -0.0281. The Labute approximate surface area is 279 Å². The van der Waals surface area contributed by atoms with E-state index in [1.165, 1.54) is 11.6 Å². The number of aliphatic hydroxyl groups is 1. The number of anilines is 2. The molecule has 12 nitrogen and oxygen atoms in total. The zero-order valence-electron chi connectivity index (χ0n) is 26.2. The maximum atomic E-state index is 13.1. The molecule has 0 amide bonds. The molecule has 5 aromatic rings. The smallest absolute Gasteiger partial charge is 0.332 e. The number of aryl methyl sites for hydroxylation is 2. The molecule has 1 saturated heterocycles. The molecule has 0 radical (unpaired) electrons. The van der Waals surface area contributed by atoms with Crippen LogP contribution in [0, 0.1) is 6.92 Å². The zero-order valence-corrected chi connectivity index (χ0v) is 27.7. The average molecular weight is 679 g/mol. The second-order valence-electron chi connectivity index (χ2n) is 11.3. The number of fused-ring (bicyclic) bond motifs is 1. The Morgan fingerprint density at radius 3 is 2.45 bits per heavy atom. The molecular weight excluding hydrogens is 645 g/mol. The number of hydrogen-bond acceptors (Lipinski definition) is 10. The van der Waals surface area contributed by atoms with Gasteiger partial charge in [-0.3, -0.25) is 13.9 Å². The van der Waals surface area contributed by atoms with Gasteiger partial charge in [0.25, 0.3) is 5.56 Å². The fourth-order valence-corrected chi connectivity index (χ4v) is 6.29. The van der Waals surface area contributed by atoms with Crippen molar-refractivity contribution in [2.45, 2.75) is 32.0 Å². The number of ether oxygens (including phenoxy) is 2. The Hall–Kier alpha value is -4.33. The van der Waals surface area contributed by atoms with Crippen LogP contribution in [-0.2, 0) is 25.4 Å². The van der Waals surface area contributed by atoms with Gasteiger partial charge < -0.3 is 25.2 Å². The first-order valence-electron chi connectivity index (χ1n) is 14.9. The highest BCUT2D eigenvalue weighted by atomic mass is 35.5. The van der Waals surface area contributed by atoms with Gasteiger partial charge >= 0.3 is 5.69 Å². The Balaban J connectivity index is 1.34. The second-order valence-corrected chi connectivity index (χ2v) is 12.0. The number of aliphatic hydroxyl groups excluding tert-OH is 1. The number of aromatic nitrogens is 5. The average Bonchev–Trinajstić information content (AvgIpc) is 3.07. The first kappa shape index (κ1) is 32.6.